The van der Waals surface area contributed by atoms with Crippen LogP contribution in [0.1, 0.15) is 52.4 Å². The van der Waals surface area contributed by atoms with Crippen molar-refractivity contribution in [1.82, 2.24) is 0 Å². The second-order valence-electron chi connectivity index (χ2n) is 3.62. The predicted octanol–water partition coefficient (Wildman–Crippen LogP) is 4.55. The van der Waals surface area contributed by atoms with E-state index in [4.69, 9.17) is 0 Å². The van der Waals surface area contributed by atoms with Gasteiger partial charge in [0.15, 0.2) is 0 Å². The van der Waals surface area contributed by atoms with Gasteiger partial charge in [-0.15, -0.1) is 0 Å². The van der Waals surface area contributed by atoms with Gasteiger partial charge in [0.2, 0.25) is 0 Å². The molecule has 3 heteroatoms. The Kier molecular flexibility index (Phi) is 6.17. The third-order valence-electron chi connectivity index (χ3n) is 2.18. The van der Waals surface area contributed by atoms with Gasteiger partial charge in [-0.25, -0.2) is 0 Å². The Balaban J connectivity index is 3.79. The van der Waals surface area contributed by atoms with E-state index in [0.29, 0.717) is 6.42 Å². The van der Waals surface area contributed by atoms with E-state index in [1.54, 1.807) is 0 Å². The molecular weight excluding hydrogens is 177 g/mol. The molecule has 1 atom stereocenters. The van der Waals surface area contributed by atoms with Gasteiger partial charge < -0.3 is 0 Å². The molecule has 0 amide bonds. The van der Waals surface area contributed by atoms with E-state index >= 15 is 0 Å². The molecule has 0 aromatic heterocycles. The van der Waals surface area contributed by atoms with E-state index < -0.39 is 12.6 Å². The standard InChI is InChI=1S/C10H19F3/c1-3-5-7-9(6-4-2)8-10(11,12)13/h9H,3-8H2,1-2H3. The maximum atomic E-state index is 12.1. The molecule has 0 aromatic rings. The molecule has 0 N–H and O–H groups in total. The molecule has 0 bridgehead atoms. The van der Waals surface area contributed by atoms with Gasteiger partial charge in [-0.1, -0.05) is 46.0 Å². The van der Waals surface area contributed by atoms with E-state index in [1.807, 2.05) is 13.8 Å². The fraction of sp³-hybridized carbons (Fsp3) is 1.00. The Morgan fingerprint density at radius 1 is 1.00 bits per heavy atom. The number of alkyl halides is 3. The number of hydrogen-bond donors (Lipinski definition) is 0. The summed E-state index contributed by atoms with van der Waals surface area (Å²) in [7, 11) is 0. The molecular formula is C10H19F3. The van der Waals surface area contributed by atoms with Gasteiger partial charge in [-0.05, 0) is 5.92 Å². The molecule has 0 aromatic carbocycles. The average molecular weight is 196 g/mol. The third kappa shape index (κ3) is 8.13. The molecule has 0 saturated heterocycles. The minimum atomic E-state index is -3.98. The monoisotopic (exact) mass is 196 g/mol. The molecule has 0 rings (SSSR count). The quantitative estimate of drug-likeness (QED) is 0.584. The van der Waals surface area contributed by atoms with Crippen LogP contribution in [-0.2, 0) is 0 Å². The molecule has 80 valence electrons. The summed E-state index contributed by atoms with van der Waals surface area (Å²) >= 11 is 0. The first-order valence-corrected chi connectivity index (χ1v) is 5.06. The molecule has 0 nitrogen and oxygen atoms in total. The highest BCUT2D eigenvalue weighted by atomic mass is 19.4. The maximum absolute atomic E-state index is 12.1. The lowest BCUT2D eigenvalue weighted by molar-refractivity contribution is -0.145. The normalized spacial score (nSPS) is 14.5. The average Bonchev–Trinajstić information content (AvgIpc) is 1.98. The highest BCUT2D eigenvalue weighted by Crippen LogP contribution is 2.30. The van der Waals surface area contributed by atoms with Gasteiger partial charge in [0.05, 0.1) is 0 Å². The zero-order valence-corrected chi connectivity index (χ0v) is 8.45. The van der Waals surface area contributed by atoms with Crippen molar-refractivity contribution in [1.29, 1.82) is 0 Å². The van der Waals surface area contributed by atoms with E-state index in [0.717, 1.165) is 25.7 Å². The van der Waals surface area contributed by atoms with Crippen LogP contribution < -0.4 is 0 Å². The summed E-state index contributed by atoms with van der Waals surface area (Å²) in [6.07, 6.45) is -0.388. The minimum Gasteiger partial charge on any atom is -0.171 e. The van der Waals surface area contributed by atoms with Crippen LogP contribution in [0.3, 0.4) is 0 Å². The van der Waals surface area contributed by atoms with E-state index in [2.05, 4.69) is 0 Å². The van der Waals surface area contributed by atoms with Crippen molar-refractivity contribution in [3.8, 4) is 0 Å². The Morgan fingerprint density at radius 2 is 1.62 bits per heavy atom. The topological polar surface area (TPSA) is 0 Å². The lowest BCUT2D eigenvalue weighted by Gasteiger charge is -2.17. The summed E-state index contributed by atoms with van der Waals surface area (Å²) in [5.41, 5.74) is 0. The first kappa shape index (κ1) is 12.8. The van der Waals surface area contributed by atoms with Crippen LogP contribution in [0.25, 0.3) is 0 Å². The Morgan fingerprint density at radius 3 is 2.00 bits per heavy atom. The fourth-order valence-electron chi connectivity index (χ4n) is 1.58. The molecule has 0 heterocycles. The smallest absolute Gasteiger partial charge is 0.171 e. The van der Waals surface area contributed by atoms with Crippen LogP contribution in [-0.4, -0.2) is 6.18 Å². The fourth-order valence-corrected chi connectivity index (χ4v) is 1.58. The van der Waals surface area contributed by atoms with Crippen molar-refractivity contribution in [2.75, 3.05) is 0 Å². The SMILES string of the molecule is CCCCC(CCC)CC(F)(F)F. The molecule has 0 aliphatic heterocycles. The van der Waals surface area contributed by atoms with Crippen LogP contribution >= 0.6 is 0 Å². The lowest BCUT2D eigenvalue weighted by atomic mass is 9.94. The molecule has 13 heavy (non-hydrogen) atoms. The van der Waals surface area contributed by atoms with Crippen molar-refractivity contribution < 1.29 is 13.2 Å². The van der Waals surface area contributed by atoms with Crippen LogP contribution in [0.4, 0.5) is 13.2 Å². The van der Waals surface area contributed by atoms with Gasteiger partial charge >= 0.3 is 6.18 Å². The first-order chi connectivity index (χ1) is 5.99. The number of rotatable bonds is 6. The summed E-state index contributed by atoms with van der Waals surface area (Å²) in [6.45, 7) is 3.95. The minimum absolute atomic E-state index is 0.148. The van der Waals surface area contributed by atoms with Crippen LogP contribution in [0.2, 0.25) is 0 Å². The lowest BCUT2D eigenvalue weighted by Crippen LogP contribution is -2.15. The molecule has 1 unspecified atom stereocenters. The molecule has 0 aliphatic carbocycles. The zero-order valence-electron chi connectivity index (χ0n) is 8.45. The van der Waals surface area contributed by atoms with E-state index in [-0.39, 0.29) is 5.92 Å². The number of halogens is 3. The Bertz CT molecular complexity index is 118. The summed E-state index contributed by atoms with van der Waals surface area (Å²) in [5.74, 6) is -0.148. The number of unbranched alkanes of at least 4 members (excludes halogenated alkanes) is 1. The van der Waals surface area contributed by atoms with Gasteiger partial charge in [0.1, 0.15) is 0 Å². The van der Waals surface area contributed by atoms with Gasteiger partial charge in [0.25, 0.3) is 0 Å². The van der Waals surface area contributed by atoms with Crippen LogP contribution in [0.15, 0.2) is 0 Å². The molecule has 0 saturated carbocycles. The van der Waals surface area contributed by atoms with E-state index in [1.165, 1.54) is 0 Å². The Labute approximate surface area is 78.5 Å². The maximum Gasteiger partial charge on any atom is 0.389 e. The predicted molar refractivity (Wildman–Crippen MR) is 48.6 cm³/mol. The first-order valence-electron chi connectivity index (χ1n) is 5.06. The van der Waals surface area contributed by atoms with Crippen molar-refractivity contribution >= 4 is 0 Å². The van der Waals surface area contributed by atoms with Crippen molar-refractivity contribution in [2.24, 2.45) is 5.92 Å². The van der Waals surface area contributed by atoms with Crippen molar-refractivity contribution in [3.05, 3.63) is 0 Å². The highest BCUT2D eigenvalue weighted by Gasteiger charge is 2.30. The summed E-state index contributed by atoms with van der Waals surface area (Å²) in [6, 6.07) is 0. The summed E-state index contributed by atoms with van der Waals surface area (Å²) in [5, 5.41) is 0. The largest absolute Gasteiger partial charge is 0.389 e. The van der Waals surface area contributed by atoms with Crippen molar-refractivity contribution in [3.63, 3.8) is 0 Å². The summed E-state index contributed by atoms with van der Waals surface area (Å²) in [4.78, 5) is 0. The molecule has 0 fully saturated rings. The van der Waals surface area contributed by atoms with Crippen LogP contribution in [0.5, 0.6) is 0 Å². The summed E-state index contributed by atoms with van der Waals surface area (Å²) < 4.78 is 36.2. The van der Waals surface area contributed by atoms with Gasteiger partial charge in [0, 0.05) is 6.42 Å². The molecule has 0 spiro atoms. The molecule has 0 aliphatic rings. The zero-order chi connectivity index (χ0) is 10.3. The van der Waals surface area contributed by atoms with Crippen molar-refractivity contribution in [2.45, 2.75) is 58.5 Å². The molecule has 0 radical (unpaired) electrons. The second kappa shape index (κ2) is 6.28. The van der Waals surface area contributed by atoms with Crippen LogP contribution in [0, 0.1) is 5.92 Å². The Hall–Kier alpha value is -0.210. The number of hydrogen-bond acceptors (Lipinski definition) is 0. The van der Waals surface area contributed by atoms with Gasteiger partial charge in [-0.2, -0.15) is 13.2 Å². The third-order valence-corrected chi connectivity index (χ3v) is 2.18. The second-order valence-corrected chi connectivity index (χ2v) is 3.62. The van der Waals surface area contributed by atoms with E-state index in [9.17, 15) is 13.2 Å². The highest BCUT2D eigenvalue weighted by molar-refractivity contribution is 4.63. The van der Waals surface area contributed by atoms with Gasteiger partial charge in [-0.3, -0.25) is 0 Å².